The zero-order valence-corrected chi connectivity index (χ0v) is 10.9. The van der Waals surface area contributed by atoms with Gasteiger partial charge in [0.15, 0.2) is 0 Å². The number of methoxy groups -OCH3 is 1. The molecule has 0 bridgehead atoms. The first-order valence-corrected chi connectivity index (χ1v) is 5.83. The van der Waals surface area contributed by atoms with Crippen molar-refractivity contribution in [3.63, 3.8) is 0 Å². The van der Waals surface area contributed by atoms with E-state index in [0.717, 1.165) is 19.0 Å². The zero-order valence-electron chi connectivity index (χ0n) is 10.9. The number of nitrogens with zero attached hydrogens (tertiary/aromatic N) is 2. The summed E-state index contributed by atoms with van der Waals surface area (Å²) in [6.07, 6.45) is 1.62. The normalized spacial score (nSPS) is 12.5. The molecule has 0 aliphatic carbocycles. The van der Waals surface area contributed by atoms with Gasteiger partial charge in [-0.3, -0.25) is 0 Å². The van der Waals surface area contributed by atoms with Crippen LogP contribution < -0.4 is 10.1 Å². The Labute approximate surface area is 103 Å². The fraction of sp³-hybridized carbons (Fsp3) is 0.667. The first-order valence-electron chi connectivity index (χ1n) is 5.83. The standard InChI is InChI=1S/C12H21N3O2/c1-9(2)17-12-5-11(14-8-15-12)13-6-10(3)7-16-4/h5,8-10H,6-7H2,1-4H3,(H,13,14,15). The van der Waals surface area contributed by atoms with Gasteiger partial charge in [0, 0.05) is 19.7 Å². The molecule has 1 atom stereocenters. The molecule has 5 nitrogen and oxygen atoms in total. The van der Waals surface area contributed by atoms with Crippen LogP contribution in [-0.4, -0.2) is 36.3 Å². The summed E-state index contributed by atoms with van der Waals surface area (Å²) in [4.78, 5) is 8.18. The van der Waals surface area contributed by atoms with Gasteiger partial charge in [0.25, 0.3) is 0 Å². The van der Waals surface area contributed by atoms with E-state index in [0.29, 0.717) is 11.8 Å². The van der Waals surface area contributed by atoms with E-state index in [4.69, 9.17) is 9.47 Å². The van der Waals surface area contributed by atoms with Crippen molar-refractivity contribution in [1.29, 1.82) is 0 Å². The van der Waals surface area contributed by atoms with Gasteiger partial charge in [0.1, 0.15) is 12.1 Å². The summed E-state index contributed by atoms with van der Waals surface area (Å²) < 4.78 is 10.6. The second kappa shape index (κ2) is 7.06. The van der Waals surface area contributed by atoms with Crippen LogP contribution in [-0.2, 0) is 4.74 Å². The molecule has 0 spiro atoms. The van der Waals surface area contributed by atoms with Crippen molar-refractivity contribution in [3.05, 3.63) is 12.4 Å². The van der Waals surface area contributed by atoms with Crippen molar-refractivity contribution in [1.82, 2.24) is 9.97 Å². The molecule has 17 heavy (non-hydrogen) atoms. The van der Waals surface area contributed by atoms with Crippen molar-refractivity contribution in [3.8, 4) is 5.88 Å². The van der Waals surface area contributed by atoms with Crippen LogP contribution in [0.2, 0.25) is 0 Å². The average molecular weight is 239 g/mol. The van der Waals surface area contributed by atoms with E-state index in [2.05, 4.69) is 22.2 Å². The van der Waals surface area contributed by atoms with E-state index < -0.39 is 0 Å². The van der Waals surface area contributed by atoms with Crippen LogP contribution in [0.4, 0.5) is 5.82 Å². The molecule has 0 aromatic carbocycles. The fourth-order valence-corrected chi connectivity index (χ4v) is 1.36. The highest BCUT2D eigenvalue weighted by Gasteiger charge is 2.04. The lowest BCUT2D eigenvalue weighted by Crippen LogP contribution is -2.16. The second-order valence-electron chi connectivity index (χ2n) is 4.35. The predicted molar refractivity (Wildman–Crippen MR) is 67.3 cm³/mol. The minimum Gasteiger partial charge on any atom is -0.475 e. The van der Waals surface area contributed by atoms with Crippen molar-refractivity contribution >= 4 is 5.82 Å². The lowest BCUT2D eigenvalue weighted by molar-refractivity contribution is 0.164. The molecule has 0 radical (unpaired) electrons. The lowest BCUT2D eigenvalue weighted by Gasteiger charge is -2.13. The summed E-state index contributed by atoms with van der Waals surface area (Å²) >= 11 is 0. The second-order valence-corrected chi connectivity index (χ2v) is 4.35. The van der Waals surface area contributed by atoms with Crippen LogP contribution in [0.5, 0.6) is 5.88 Å². The van der Waals surface area contributed by atoms with E-state index in [1.165, 1.54) is 6.33 Å². The summed E-state index contributed by atoms with van der Waals surface area (Å²) in [5.74, 6) is 1.81. The molecular formula is C12H21N3O2. The van der Waals surface area contributed by atoms with Crippen molar-refractivity contribution in [2.24, 2.45) is 5.92 Å². The third kappa shape index (κ3) is 5.49. The van der Waals surface area contributed by atoms with E-state index in [9.17, 15) is 0 Å². The Balaban J connectivity index is 2.48. The summed E-state index contributed by atoms with van der Waals surface area (Å²) in [7, 11) is 1.70. The molecule has 0 saturated carbocycles. The van der Waals surface area contributed by atoms with Gasteiger partial charge in [0.2, 0.25) is 5.88 Å². The minimum absolute atomic E-state index is 0.116. The van der Waals surface area contributed by atoms with Crippen LogP contribution in [0.3, 0.4) is 0 Å². The number of anilines is 1. The Morgan fingerprint density at radius 3 is 2.71 bits per heavy atom. The van der Waals surface area contributed by atoms with Crippen LogP contribution in [0, 0.1) is 5.92 Å². The lowest BCUT2D eigenvalue weighted by atomic mass is 10.2. The molecule has 0 saturated heterocycles. The van der Waals surface area contributed by atoms with Crippen molar-refractivity contribution in [2.45, 2.75) is 26.9 Å². The maximum absolute atomic E-state index is 5.49. The number of hydrogen-bond donors (Lipinski definition) is 1. The summed E-state index contributed by atoms with van der Waals surface area (Å²) in [5, 5.41) is 3.23. The SMILES string of the molecule is COCC(C)CNc1cc(OC(C)C)ncn1. The highest BCUT2D eigenvalue weighted by molar-refractivity contribution is 5.37. The molecule has 96 valence electrons. The fourth-order valence-electron chi connectivity index (χ4n) is 1.36. The van der Waals surface area contributed by atoms with E-state index in [1.54, 1.807) is 13.2 Å². The van der Waals surface area contributed by atoms with Gasteiger partial charge in [-0.15, -0.1) is 0 Å². The molecule has 1 rings (SSSR count). The number of aromatic nitrogens is 2. The first kappa shape index (κ1) is 13.7. The predicted octanol–water partition coefficient (Wildman–Crippen LogP) is 1.96. The monoisotopic (exact) mass is 239 g/mol. The van der Waals surface area contributed by atoms with Crippen molar-refractivity contribution < 1.29 is 9.47 Å². The maximum atomic E-state index is 5.49. The maximum Gasteiger partial charge on any atom is 0.218 e. The van der Waals surface area contributed by atoms with Gasteiger partial charge in [-0.25, -0.2) is 9.97 Å². The zero-order chi connectivity index (χ0) is 12.7. The smallest absolute Gasteiger partial charge is 0.218 e. The molecule has 0 aliphatic heterocycles. The summed E-state index contributed by atoms with van der Waals surface area (Å²) in [6, 6.07) is 1.81. The van der Waals surface area contributed by atoms with E-state index >= 15 is 0 Å². The molecule has 0 amide bonds. The number of ether oxygens (including phenoxy) is 2. The molecule has 1 heterocycles. The van der Waals surface area contributed by atoms with E-state index in [1.807, 2.05) is 13.8 Å². The highest BCUT2D eigenvalue weighted by Crippen LogP contribution is 2.12. The molecule has 1 aromatic heterocycles. The molecule has 5 heteroatoms. The van der Waals surface area contributed by atoms with Gasteiger partial charge in [-0.05, 0) is 19.8 Å². The summed E-state index contributed by atoms with van der Waals surface area (Å²) in [5.41, 5.74) is 0. The van der Waals surface area contributed by atoms with Gasteiger partial charge >= 0.3 is 0 Å². The van der Waals surface area contributed by atoms with E-state index in [-0.39, 0.29) is 6.10 Å². The Hall–Kier alpha value is -1.36. The number of hydrogen-bond acceptors (Lipinski definition) is 5. The van der Waals surface area contributed by atoms with Gasteiger partial charge in [-0.2, -0.15) is 0 Å². The van der Waals surface area contributed by atoms with Crippen LogP contribution >= 0.6 is 0 Å². The van der Waals surface area contributed by atoms with Crippen molar-refractivity contribution in [2.75, 3.05) is 25.6 Å². The molecule has 0 aliphatic rings. The molecule has 0 fully saturated rings. The first-order chi connectivity index (χ1) is 8.11. The number of rotatable bonds is 7. The Morgan fingerprint density at radius 2 is 2.06 bits per heavy atom. The van der Waals surface area contributed by atoms with Gasteiger partial charge in [-0.1, -0.05) is 6.92 Å². The average Bonchev–Trinajstić information content (AvgIpc) is 2.26. The topological polar surface area (TPSA) is 56.3 Å². The highest BCUT2D eigenvalue weighted by atomic mass is 16.5. The molecule has 1 N–H and O–H groups in total. The molecule has 1 aromatic rings. The van der Waals surface area contributed by atoms with Gasteiger partial charge < -0.3 is 14.8 Å². The third-order valence-corrected chi connectivity index (χ3v) is 2.08. The quantitative estimate of drug-likeness (QED) is 0.788. The van der Waals surface area contributed by atoms with Crippen LogP contribution in [0.25, 0.3) is 0 Å². The van der Waals surface area contributed by atoms with Gasteiger partial charge in [0.05, 0.1) is 12.7 Å². The third-order valence-electron chi connectivity index (χ3n) is 2.08. The largest absolute Gasteiger partial charge is 0.475 e. The Morgan fingerprint density at radius 1 is 1.29 bits per heavy atom. The summed E-state index contributed by atoms with van der Waals surface area (Å²) in [6.45, 7) is 7.59. The Bertz CT molecular complexity index is 331. The number of nitrogens with one attached hydrogen (secondary N) is 1. The molecular weight excluding hydrogens is 218 g/mol. The minimum atomic E-state index is 0.116. The van der Waals surface area contributed by atoms with Crippen LogP contribution in [0.15, 0.2) is 12.4 Å². The van der Waals surface area contributed by atoms with Crippen LogP contribution in [0.1, 0.15) is 20.8 Å². The Kier molecular flexibility index (Phi) is 5.69. The molecule has 1 unspecified atom stereocenters.